The van der Waals surface area contributed by atoms with Crippen LogP contribution in [0.15, 0.2) is 6.20 Å². The van der Waals surface area contributed by atoms with Crippen molar-refractivity contribution in [2.45, 2.75) is 77.7 Å². The number of thiazole rings is 2. The van der Waals surface area contributed by atoms with Crippen LogP contribution in [-0.2, 0) is 24.2 Å². The summed E-state index contributed by atoms with van der Waals surface area (Å²) in [5.41, 5.74) is 6.00. The summed E-state index contributed by atoms with van der Waals surface area (Å²) in [6.07, 6.45) is 19.2. The number of fused-ring (bicyclic) bond motifs is 1. The fraction of sp³-hybridized carbons (Fsp3) is 0.640. The lowest BCUT2D eigenvalue weighted by Crippen LogP contribution is -2.32. The van der Waals surface area contributed by atoms with Gasteiger partial charge in [0.25, 0.3) is 11.1 Å². The summed E-state index contributed by atoms with van der Waals surface area (Å²) in [6.45, 7) is 5.19. The van der Waals surface area contributed by atoms with Crippen LogP contribution in [0.3, 0.4) is 0 Å². The predicted octanol–water partition coefficient (Wildman–Crippen LogP) is 5.23. The highest BCUT2D eigenvalue weighted by atomic mass is 32.1. The molecule has 0 aromatic carbocycles. The topological polar surface area (TPSA) is 81.3 Å². The minimum atomic E-state index is -2.81. The van der Waals surface area contributed by atoms with Crippen LogP contribution >= 0.6 is 22.7 Å². The molecule has 4 rings (SSSR count). The number of aromatic nitrogens is 2. The zero-order valence-electron chi connectivity index (χ0n) is 20.6. The quantitative estimate of drug-likeness (QED) is 0.476. The molecule has 1 fully saturated rings. The Labute approximate surface area is 215 Å². The van der Waals surface area contributed by atoms with Gasteiger partial charge in [0.15, 0.2) is 6.61 Å². The Morgan fingerprint density at radius 1 is 1.29 bits per heavy atom. The van der Waals surface area contributed by atoms with Crippen molar-refractivity contribution in [1.82, 2.24) is 14.9 Å². The molecule has 1 aliphatic carbocycles. The molecule has 0 bridgehead atoms. The Kier molecular flexibility index (Phi) is 12.0. The number of carbonyl (C=O) groups excluding carboxylic acids is 1. The Morgan fingerprint density at radius 3 is 2.60 bits per heavy atom. The maximum Gasteiger partial charge on any atom is 0.278 e. The number of carbonyl (C=O) groups is 1. The molecule has 6 nitrogen and oxygen atoms in total. The molecular weight excluding hydrogens is 490 g/mol. The maximum absolute atomic E-state index is 12.9. The molecule has 0 atom stereocenters. The zero-order chi connectivity index (χ0) is 25.8. The fourth-order valence-electron chi connectivity index (χ4n) is 4.17. The number of nitrogens with two attached hydrogens (primary N) is 1. The van der Waals surface area contributed by atoms with E-state index < -0.39 is 12.5 Å². The first kappa shape index (κ1) is 29.1. The number of ether oxygens (including phenoxy) is 1. The van der Waals surface area contributed by atoms with E-state index in [-0.39, 0.29) is 5.91 Å². The van der Waals surface area contributed by atoms with Gasteiger partial charge in [0.1, 0.15) is 0 Å². The average molecular weight is 527 g/mol. The Bertz CT molecular complexity index is 934. The molecule has 1 aliphatic heterocycles. The lowest BCUT2D eigenvalue weighted by molar-refractivity contribution is -0.117. The van der Waals surface area contributed by atoms with Gasteiger partial charge in [-0.3, -0.25) is 9.69 Å². The minimum absolute atomic E-state index is 0.302. The number of amides is 1. The summed E-state index contributed by atoms with van der Waals surface area (Å²) in [6, 6.07) is 0. The standard InChI is InChI=1S/C17H26F2N2OS.C6H8N2OS.C2H2/c1-17(18,19)12-22-16-20-14-11-21(10-8-15(14)23-16)9-7-13-5-3-2-4-6-13;1-4-8-3-5(10-4)2-6(7)9;1-2/h13H,2-12H2,1H3;3H,2H2,1H3,(H2,7,9);1-2H. The number of rotatable bonds is 8. The molecule has 3 heterocycles. The molecular formula is C25H36F2N4O2S2. The molecule has 1 saturated carbocycles. The molecule has 0 unspecified atom stereocenters. The van der Waals surface area contributed by atoms with Crippen LogP contribution in [0.1, 0.15) is 65.9 Å². The molecule has 2 aromatic heterocycles. The lowest BCUT2D eigenvalue weighted by atomic mass is 9.87. The van der Waals surface area contributed by atoms with E-state index in [1.807, 2.05) is 6.92 Å². The first-order valence-corrected chi connectivity index (χ1v) is 13.6. The van der Waals surface area contributed by atoms with Gasteiger partial charge in [-0.25, -0.2) is 18.7 Å². The zero-order valence-corrected chi connectivity index (χ0v) is 22.2. The van der Waals surface area contributed by atoms with Gasteiger partial charge < -0.3 is 10.5 Å². The van der Waals surface area contributed by atoms with Gasteiger partial charge in [-0.05, 0) is 32.2 Å². The number of hydrogen-bond donors (Lipinski definition) is 1. The molecule has 1 amide bonds. The van der Waals surface area contributed by atoms with E-state index in [1.165, 1.54) is 66.1 Å². The second kappa shape index (κ2) is 14.5. The molecule has 2 N–H and O–H groups in total. The van der Waals surface area contributed by atoms with Crippen molar-refractivity contribution in [2.75, 3.05) is 19.7 Å². The largest absolute Gasteiger partial charge is 0.464 e. The molecule has 0 saturated heterocycles. The van der Waals surface area contributed by atoms with E-state index in [1.54, 1.807) is 6.20 Å². The second-order valence-corrected chi connectivity index (χ2v) is 11.4. The molecule has 35 heavy (non-hydrogen) atoms. The van der Waals surface area contributed by atoms with E-state index in [9.17, 15) is 13.6 Å². The number of nitrogens with zero attached hydrogens (tertiary/aromatic N) is 3. The molecule has 10 heteroatoms. The summed E-state index contributed by atoms with van der Waals surface area (Å²) < 4.78 is 30.9. The first-order valence-electron chi connectivity index (χ1n) is 11.9. The van der Waals surface area contributed by atoms with Crippen LogP contribution in [0.5, 0.6) is 5.19 Å². The molecule has 2 aliphatic rings. The Balaban J connectivity index is 0.000000302. The highest BCUT2D eigenvalue weighted by Gasteiger charge is 2.26. The molecule has 2 aromatic rings. The fourth-order valence-corrected chi connectivity index (χ4v) is 5.88. The van der Waals surface area contributed by atoms with Crippen molar-refractivity contribution in [3.8, 4) is 18.0 Å². The van der Waals surface area contributed by atoms with Crippen molar-refractivity contribution in [3.63, 3.8) is 0 Å². The number of hydrogen-bond acceptors (Lipinski definition) is 7. The third-order valence-corrected chi connectivity index (χ3v) is 7.81. The minimum Gasteiger partial charge on any atom is -0.464 e. The van der Waals surface area contributed by atoms with Gasteiger partial charge in [-0.2, -0.15) is 0 Å². The summed E-state index contributed by atoms with van der Waals surface area (Å²) in [4.78, 5) is 23.4. The number of terminal acetylenes is 1. The summed E-state index contributed by atoms with van der Waals surface area (Å²) in [7, 11) is 0. The van der Waals surface area contributed by atoms with Gasteiger partial charge in [0.05, 0.1) is 17.1 Å². The normalized spacial score (nSPS) is 16.3. The smallest absolute Gasteiger partial charge is 0.278 e. The number of halogens is 2. The van der Waals surface area contributed by atoms with E-state index in [0.29, 0.717) is 11.6 Å². The van der Waals surface area contributed by atoms with Crippen molar-refractivity contribution >= 4 is 28.6 Å². The summed E-state index contributed by atoms with van der Waals surface area (Å²) in [5.74, 6) is -2.21. The van der Waals surface area contributed by atoms with Crippen LogP contribution in [0.4, 0.5) is 8.78 Å². The van der Waals surface area contributed by atoms with Crippen LogP contribution in [-0.4, -0.2) is 46.4 Å². The Morgan fingerprint density at radius 2 is 2.00 bits per heavy atom. The second-order valence-electron chi connectivity index (χ2n) is 9.02. The van der Waals surface area contributed by atoms with Crippen LogP contribution in [0, 0.1) is 25.7 Å². The first-order chi connectivity index (χ1) is 16.7. The van der Waals surface area contributed by atoms with Gasteiger partial charge in [-0.1, -0.05) is 43.4 Å². The van der Waals surface area contributed by atoms with Gasteiger partial charge >= 0.3 is 0 Å². The molecule has 0 radical (unpaired) electrons. The van der Waals surface area contributed by atoms with Gasteiger partial charge in [-0.15, -0.1) is 24.2 Å². The number of primary amides is 1. The monoisotopic (exact) mass is 526 g/mol. The molecule has 0 spiro atoms. The van der Waals surface area contributed by atoms with Crippen molar-refractivity contribution in [2.24, 2.45) is 11.7 Å². The van der Waals surface area contributed by atoms with Gasteiger partial charge in [0, 0.05) is 36.0 Å². The SMILES string of the molecule is C#C.CC(F)(F)COc1nc2c(s1)CCN(CCC1CCCCC1)C2.Cc1ncc(CC(N)=O)s1. The summed E-state index contributed by atoms with van der Waals surface area (Å²) >= 11 is 2.93. The van der Waals surface area contributed by atoms with Crippen molar-refractivity contribution in [1.29, 1.82) is 0 Å². The van der Waals surface area contributed by atoms with E-state index >= 15 is 0 Å². The van der Waals surface area contributed by atoms with Crippen molar-refractivity contribution in [3.05, 3.63) is 26.7 Å². The van der Waals surface area contributed by atoms with Crippen molar-refractivity contribution < 1.29 is 18.3 Å². The average Bonchev–Trinajstić information content (AvgIpc) is 3.43. The van der Waals surface area contributed by atoms with Crippen LogP contribution in [0.2, 0.25) is 0 Å². The van der Waals surface area contributed by atoms with E-state index in [2.05, 4.69) is 27.7 Å². The van der Waals surface area contributed by atoms with Crippen LogP contribution in [0.25, 0.3) is 0 Å². The van der Waals surface area contributed by atoms with E-state index in [4.69, 9.17) is 10.5 Å². The van der Waals surface area contributed by atoms with Crippen LogP contribution < -0.4 is 10.5 Å². The van der Waals surface area contributed by atoms with Gasteiger partial charge in [0.2, 0.25) is 5.91 Å². The molecule has 194 valence electrons. The predicted molar refractivity (Wildman–Crippen MR) is 138 cm³/mol. The maximum atomic E-state index is 12.9. The summed E-state index contributed by atoms with van der Waals surface area (Å²) in [5, 5.41) is 1.36. The third kappa shape index (κ3) is 11.0. The third-order valence-electron chi connectivity index (χ3n) is 5.83. The number of aryl methyl sites for hydroxylation is 1. The highest BCUT2D eigenvalue weighted by Crippen LogP contribution is 2.32. The van der Waals surface area contributed by atoms with E-state index in [0.717, 1.165) is 54.5 Å². The Hall–Kier alpha value is -2.09. The lowest BCUT2D eigenvalue weighted by Gasteiger charge is -2.29. The number of alkyl halides is 2. The highest BCUT2D eigenvalue weighted by molar-refractivity contribution is 7.13.